The second-order valence-electron chi connectivity index (χ2n) is 5.22. The van der Waals surface area contributed by atoms with Gasteiger partial charge < -0.3 is 5.32 Å². The normalized spacial score (nSPS) is 10.7. The van der Waals surface area contributed by atoms with E-state index in [0.717, 1.165) is 25.5 Å². The number of carbonyl (C=O) groups excluding carboxylic acids is 1. The Bertz CT molecular complexity index is 879. The zero-order valence-electron chi connectivity index (χ0n) is 13.3. The summed E-state index contributed by atoms with van der Waals surface area (Å²) in [4.78, 5) is 18.5. The summed E-state index contributed by atoms with van der Waals surface area (Å²) in [5.41, 5.74) is 1.89. The summed E-state index contributed by atoms with van der Waals surface area (Å²) in [7, 11) is 0. The number of nitrogens with zero attached hydrogens (tertiary/aromatic N) is 1. The third-order valence-electron chi connectivity index (χ3n) is 3.34. The van der Waals surface area contributed by atoms with Crippen LogP contribution < -0.4 is 5.32 Å². The van der Waals surface area contributed by atoms with Crippen molar-refractivity contribution in [1.82, 2.24) is 4.98 Å². The SMILES string of the molecule is Cc1sc(NC(=O)CSc2ccc(F)cc2)nc1-c1ccc(Br)cc1. The molecular formula is C18H14BrFN2OS2. The van der Waals surface area contributed by atoms with Gasteiger partial charge in [-0.25, -0.2) is 9.37 Å². The number of halogens is 2. The van der Waals surface area contributed by atoms with Gasteiger partial charge in [0.15, 0.2) is 5.13 Å². The Labute approximate surface area is 161 Å². The van der Waals surface area contributed by atoms with Gasteiger partial charge in [0, 0.05) is 19.8 Å². The van der Waals surface area contributed by atoms with Gasteiger partial charge >= 0.3 is 0 Å². The maximum atomic E-state index is 12.9. The number of carbonyl (C=O) groups is 1. The summed E-state index contributed by atoms with van der Waals surface area (Å²) < 4.78 is 13.9. The van der Waals surface area contributed by atoms with Gasteiger partial charge in [-0.3, -0.25) is 4.79 Å². The highest BCUT2D eigenvalue weighted by Crippen LogP contribution is 2.31. The molecule has 0 aliphatic carbocycles. The first-order valence-corrected chi connectivity index (χ1v) is 10.0. The smallest absolute Gasteiger partial charge is 0.236 e. The molecule has 1 amide bonds. The molecule has 0 saturated carbocycles. The molecule has 0 saturated heterocycles. The number of aryl methyl sites for hydroxylation is 1. The van der Waals surface area contributed by atoms with Gasteiger partial charge in [-0.1, -0.05) is 28.1 Å². The second-order valence-corrected chi connectivity index (χ2v) is 8.39. The van der Waals surface area contributed by atoms with Crippen LogP contribution in [-0.4, -0.2) is 16.6 Å². The van der Waals surface area contributed by atoms with Gasteiger partial charge in [0.25, 0.3) is 0 Å². The minimum Gasteiger partial charge on any atom is -0.301 e. The van der Waals surface area contributed by atoms with Gasteiger partial charge in [-0.05, 0) is 43.3 Å². The van der Waals surface area contributed by atoms with Gasteiger partial charge in [0.1, 0.15) is 5.82 Å². The predicted octanol–water partition coefficient (Wildman–Crippen LogP) is 5.75. The summed E-state index contributed by atoms with van der Waals surface area (Å²) in [6, 6.07) is 14.0. The molecule has 0 bridgehead atoms. The molecule has 0 spiro atoms. The fourth-order valence-corrected chi connectivity index (χ4v) is 3.98. The van der Waals surface area contributed by atoms with Crippen LogP contribution in [0.2, 0.25) is 0 Å². The van der Waals surface area contributed by atoms with E-state index in [9.17, 15) is 9.18 Å². The van der Waals surface area contributed by atoms with E-state index < -0.39 is 0 Å². The summed E-state index contributed by atoms with van der Waals surface area (Å²) in [6.07, 6.45) is 0. The highest BCUT2D eigenvalue weighted by Gasteiger charge is 2.12. The molecule has 0 fully saturated rings. The molecular weight excluding hydrogens is 423 g/mol. The number of nitrogens with one attached hydrogen (secondary N) is 1. The van der Waals surface area contributed by atoms with Crippen LogP contribution in [0, 0.1) is 12.7 Å². The van der Waals surface area contributed by atoms with Crippen molar-refractivity contribution in [3.63, 3.8) is 0 Å². The Morgan fingerprint density at radius 2 is 1.88 bits per heavy atom. The molecule has 0 unspecified atom stereocenters. The van der Waals surface area contributed by atoms with Crippen molar-refractivity contribution in [2.24, 2.45) is 0 Å². The maximum Gasteiger partial charge on any atom is 0.236 e. The fourth-order valence-electron chi connectivity index (χ4n) is 2.16. The largest absolute Gasteiger partial charge is 0.301 e. The number of rotatable bonds is 5. The van der Waals surface area contributed by atoms with Crippen molar-refractivity contribution in [3.05, 3.63) is 63.7 Å². The number of thioether (sulfide) groups is 1. The number of amides is 1. The van der Waals surface area contributed by atoms with Crippen LogP contribution in [0.3, 0.4) is 0 Å². The lowest BCUT2D eigenvalue weighted by molar-refractivity contribution is -0.113. The Balaban J connectivity index is 1.62. The molecule has 1 N–H and O–H groups in total. The number of hydrogen-bond acceptors (Lipinski definition) is 4. The summed E-state index contributed by atoms with van der Waals surface area (Å²) in [5.74, 6) is -0.171. The van der Waals surface area contributed by atoms with Crippen molar-refractivity contribution in [1.29, 1.82) is 0 Å². The third kappa shape index (κ3) is 4.90. The molecule has 0 aliphatic rings. The Hall–Kier alpha value is -1.70. The molecule has 0 atom stereocenters. The average molecular weight is 437 g/mol. The zero-order valence-corrected chi connectivity index (χ0v) is 16.5. The lowest BCUT2D eigenvalue weighted by atomic mass is 10.1. The third-order valence-corrected chi connectivity index (χ3v) is 5.77. The average Bonchev–Trinajstić information content (AvgIpc) is 2.95. The van der Waals surface area contributed by atoms with Crippen LogP contribution >= 0.6 is 39.0 Å². The van der Waals surface area contributed by atoms with Crippen LogP contribution in [-0.2, 0) is 4.79 Å². The van der Waals surface area contributed by atoms with Crippen molar-refractivity contribution >= 4 is 50.1 Å². The second kappa shape index (κ2) is 8.12. The molecule has 25 heavy (non-hydrogen) atoms. The Kier molecular flexibility index (Phi) is 5.88. The van der Waals surface area contributed by atoms with Crippen LogP contribution in [0.4, 0.5) is 9.52 Å². The van der Waals surface area contributed by atoms with Crippen LogP contribution in [0.25, 0.3) is 11.3 Å². The first-order chi connectivity index (χ1) is 12.0. The lowest BCUT2D eigenvalue weighted by Gasteiger charge is -2.02. The van der Waals surface area contributed by atoms with E-state index >= 15 is 0 Å². The Morgan fingerprint density at radius 1 is 1.20 bits per heavy atom. The van der Waals surface area contributed by atoms with Gasteiger partial charge in [0.2, 0.25) is 5.91 Å². The molecule has 3 nitrogen and oxygen atoms in total. The van der Waals surface area contributed by atoms with Crippen LogP contribution in [0.1, 0.15) is 4.88 Å². The highest BCUT2D eigenvalue weighted by atomic mass is 79.9. The minimum absolute atomic E-state index is 0.134. The fraction of sp³-hybridized carbons (Fsp3) is 0.111. The summed E-state index contributed by atoms with van der Waals surface area (Å²) in [5, 5.41) is 3.41. The summed E-state index contributed by atoms with van der Waals surface area (Å²) >= 11 is 6.23. The van der Waals surface area contributed by atoms with E-state index in [0.29, 0.717) is 5.13 Å². The quantitative estimate of drug-likeness (QED) is 0.517. The zero-order chi connectivity index (χ0) is 17.8. The van der Waals surface area contributed by atoms with E-state index in [4.69, 9.17) is 0 Å². The van der Waals surface area contributed by atoms with Crippen LogP contribution in [0.5, 0.6) is 0 Å². The van der Waals surface area contributed by atoms with E-state index in [2.05, 4.69) is 26.2 Å². The van der Waals surface area contributed by atoms with E-state index in [1.54, 1.807) is 12.1 Å². The molecule has 1 aromatic heterocycles. The van der Waals surface area contributed by atoms with Crippen LogP contribution in [0.15, 0.2) is 57.9 Å². The Morgan fingerprint density at radius 3 is 2.56 bits per heavy atom. The number of hydrogen-bond donors (Lipinski definition) is 1. The lowest BCUT2D eigenvalue weighted by Crippen LogP contribution is -2.13. The molecule has 3 aromatic rings. The summed E-state index contributed by atoms with van der Waals surface area (Å²) in [6.45, 7) is 1.98. The first kappa shape index (κ1) is 18.1. The molecule has 2 aromatic carbocycles. The molecule has 7 heteroatoms. The monoisotopic (exact) mass is 436 g/mol. The molecule has 128 valence electrons. The van der Waals surface area contributed by atoms with Crippen molar-refractivity contribution in [2.45, 2.75) is 11.8 Å². The number of benzene rings is 2. The number of aromatic nitrogens is 1. The van der Waals surface area contributed by atoms with E-state index in [-0.39, 0.29) is 17.5 Å². The molecule has 0 aliphatic heterocycles. The van der Waals surface area contributed by atoms with Crippen molar-refractivity contribution in [2.75, 3.05) is 11.1 Å². The maximum absolute atomic E-state index is 12.9. The number of anilines is 1. The van der Waals surface area contributed by atoms with Gasteiger partial charge in [-0.15, -0.1) is 23.1 Å². The molecule has 3 rings (SSSR count). The van der Waals surface area contributed by atoms with Gasteiger partial charge in [-0.2, -0.15) is 0 Å². The minimum atomic E-state index is -0.285. The molecule has 1 heterocycles. The van der Waals surface area contributed by atoms with Gasteiger partial charge in [0.05, 0.1) is 11.4 Å². The standard InChI is InChI=1S/C18H14BrFN2OS2/c1-11-17(12-2-4-13(19)5-3-12)22-18(25-11)21-16(23)10-24-15-8-6-14(20)7-9-15/h2-9H,10H2,1H3,(H,21,22,23). The first-order valence-electron chi connectivity index (χ1n) is 7.43. The van der Waals surface area contributed by atoms with E-state index in [1.165, 1.54) is 35.2 Å². The van der Waals surface area contributed by atoms with Crippen molar-refractivity contribution < 1.29 is 9.18 Å². The van der Waals surface area contributed by atoms with Crippen molar-refractivity contribution in [3.8, 4) is 11.3 Å². The molecule has 0 radical (unpaired) electrons. The highest BCUT2D eigenvalue weighted by molar-refractivity contribution is 9.10. The number of thiazole rings is 1. The van der Waals surface area contributed by atoms with E-state index in [1.807, 2.05) is 31.2 Å². The topological polar surface area (TPSA) is 42.0 Å². The predicted molar refractivity (Wildman–Crippen MR) is 106 cm³/mol.